The molecule has 124 valence electrons. The van der Waals surface area contributed by atoms with Crippen molar-refractivity contribution in [1.29, 1.82) is 0 Å². The fourth-order valence-electron chi connectivity index (χ4n) is 2.28. The molecule has 0 spiro atoms. The highest BCUT2D eigenvalue weighted by atomic mass is 16.7. The van der Waals surface area contributed by atoms with Crippen LogP contribution in [-0.4, -0.2) is 18.7 Å². The zero-order chi connectivity index (χ0) is 15.8. The Hall–Kier alpha value is -1.06. The molecule has 0 aliphatic rings. The monoisotopic (exact) mass is 300 g/mol. The summed E-state index contributed by atoms with van der Waals surface area (Å²) in [6, 6.07) is 0. The summed E-state index contributed by atoms with van der Waals surface area (Å²) in [6.07, 6.45) is 13.4. The van der Waals surface area contributed by atoms with E-state index in [2.05, 4.69) is 11.7 Å². The Morgan fingerprint density at radius 3 is 1.86 bits per heavy atom. The average Bonchev–Trinajstić information content (AvgIpc) is 2.45. The van der Waals surface area contributed by atoms with Gasteiger partial charge in [-0.25, -0.2) is 0 Å². The van der Waals surface area contributed by atoms with Gasteiger partial charge in [-0.15, -0.1) is 0 Å². The lowest BCUT2D eigenvalue weighted by molar-refractivity contribution is -0.176. The van der Waals surface area contributed by atoms with Crippen LogP contribution in [0.2, 0.25) is 0 Å². The van der Waals surface area contributed by atoms with Gasteiger partial charge in [0.15, 0.2) is 0 Å². The third-order valence-corrected chi connectivity index (χ3v) is 3.53. The SMILES string of the molecule is CCCCCCCCCCCCCC(=O)OC(C)OC=O. The highest BCUT2D eigenvalue weighted by molar-refractivity contribution is 5.69. The molecule has 0 aliphatic heterocycles. The van der Waals surface area contributed by atoms with Crippen molar-refractivity contribution in [3.8, 4) is 0 Å². The predicted octanol–water partition coefficient (Wildman–Crippen LogP) is 4.75. The van der Waals surface area contributed by atoms with Gasteiger partial charge in [-0.05, 0) is 6.42 Å². The normalized spacial score (nSPS) is 11.9. The van der Waals surface area contributed by atoms with Crippen molar-refractivity contribution in [2.45, 2.75) is 97.2 Å². The highest BCUT2D eigenvalue weighted by Crippen LogP contribution is 2.12. The van der Waals surface area contributed by atoms with Crippen molar-refractivity contribution in [1.82, 2.24) is 0 Å². The highest BCUT2D eigenvalue weighted by Gasteiger charge is 2.08. The van der Waals surface area contributed by atoms with Crippen LogP contribution >= 0.6 is 0 Å². The van der Waals surface area contributed by atoms with Gasteiger partial charge >= 0.3 is 5.97 Å². The second-order valence-electron chi connectivity index (χ2n) is 5.58. The number of hydrogen-bond acceptors (Lipinski definition) is 4. The van der Waals surface area contributed by atoms with Crippen molar-refractivity contribution in [2.24, 2.45) is 0 Å². The smallest absolute Gasteiger partial charge is 0.308 e. The summed E-state index contributed by atoms with van der Waals surface area (Å²) in [7, 11) is 0. The summed E-state index contributed by atoms with van der Waals surface area (Å²) in [6.45, 7) is 4.07. The van der Waals surface area contributed by atoms with Crippen molar-refractivity contribution in [3.05, 3.63) is 0 Å². The number of ether oxygens (including phenoxy) is 2. The maximum absolute atomic E-state index is 11.4. The Morgan fingerprint density at radius 2 is 1.38 bits per heavy atom. The molecule has 0 radical (unpaired) electrons. The Bertz CT molecular complexity index is 253. The minimum Gasteiger partial charge on any atom is -0.428 e. The molecule has 0 aromatic rings. The quantitative estimate of drug-likeness (QED) is 0.189. The maximum atomic E-state index is 11.4. The van der Waals surface area contributed by atoms with Gasteiger partial charge in [0.2, 0.25) is 6.29 Å². The molecule has 21 heavy (non-hydrogen) atoms. The lowest BCUT2D eigenvalue weighted by Crippen LogP contribution is -2.17. The van der Waals surface area contributed by atoms with Crippen LogP contribution in [0.15, 0.2) is 0 Å². The van der Waals surface area contributed by atoms with E-state index in [1.807, 2.05) is 0 Å². The van der Waals surface area contributed by atoms with E-state index in [0.29, 0.717) is 12.9 Å². The van der Waals surface area contributed by atoms with Crippen molar-refractivity contribution < 1.29 is 19.1 Å². The van der Waals surface area contributed by atoms with Crippen LogP contribution < -0.4 is 0 Å². The van der Waals surface area contributed by atoms with Crippen LogP contribution in [0, 0.1) is 0 Å². The summed E-state index contributed by atoms with van der Waals surface area (Å²) in [4.78, 5) is 21.4. The molecule has 0 rings (SSSR count). The second kappa shape index (κ2) is 15.3. The van der Waals surface area contributed by atoms with Gasteiger partial charge in [0.25, 0.3) is 6.47 Å². The van der Waals surface area contributed by atoms with Crippen molar-refractivity contribution in [3.63, 3.8) is 0 Å². The molecule has 0 fully saturated rings. The fraction of sp³-hybridized carbons (Fsp3) is 0.882. The molecule has 0 amide bonds. The largest absolute Gasteiger partial charge is 0.428 e. The molecule has 0 aliphatic carbocycles. The van der Waals surface area contributed by atoms with Crippen LogP contribution in [0.25, 0.3) is 0 Å². The van der Waals surface area contributed by atoms with Gasteiger partial charge in [0, 0.05) is 13.3 Å². The van der Waals surface area contributed by atoms with Gasteiger partial charge < -0.3 is 9.47 Å². The zero-order valence-corrected chi connectivity index (χ0v) is 13.8. The first-order valence-electron chi connectivity index (χ1n) is 8.49. The molecule has 0 saturated heterocycles. The van der Waals surface area contributed by atoms with Crippen molar-refractivity contribution in [2.75, 3.05) is 0 Å². The van der Waals surface area contributed by atoms with E-state index < -0.39 is 6.29 Å². The molecule has 4 nitrogen and oxygen atoms in total. The number of hydrogen-bond donors (Lipinski definition) is 0. The molecule has 0 aromatic carbocycles. The molecule has 0 saturated carbocycles. The average molecular weight is 300 g/mol. The summed E-state index contributed by atoms with van der Waals surface area (Å²) < 4.78 is 9.39. The van der Waals surface area contributed by atoms with Crippen LogP contribution in [0.4, 0.5) is 0 Å². The van der Waals surface area contributed by atoms with E-state index in [-0.39, 0.29) is 5.97 Å². The molecule has 4 heteroatoms. The van der Waals surface area contributed by atoms with E-state index in [1.54, 1.807) is 0 Å². The molecule has 0 heterocycles. The van der Waals surface area contributed by atoms with Gasteiger partial charge in [-0.3, -0.25) is 9.59 Å². The number of esters is 1. The van der Waals surface area contributed by atoms with Crippen molar-refractivity contribution >= 4 is 12.4 Å². The molecular weight excluding hydrogens is 268 g/mol. The van der Waals surface area contributed by atoms with E-state index in [0.717, 1.165) is 12.8 Å². The molecule has 0 bridgehead atoms. The van der Waals surface area contributed by atoms with E-state index in [1.165, 1.54) is 64.7 Å². The standard InChI is InChI=1S/C17H32O4/c1-3-4-5-6-7-8-9-10-11-12-13-14-17(19)21-16(2)20-15-18/h15-16H,3-14H2,1-2H3. The third-order valence-electron chi connectivity index (χ3n) is 3.53. The van der Waals surface area contributed by atoms with E-state index in [4.69, 9.17) is 4.74 Å². The maximum Gasteiger partial charge on any atom is 0.308 e. The molecule has 1 unspecified atom stereocenters. The van der Waals surface area contributed by atoms with Crippen LogP contribution in [0.1, 0.15) is 90.9 Å². The summed E-state index contributed by atoms with van der Waals surface area (Å²) >= 11 is 0. The second-order valence-corrected chi connectivity index (χ2v) is 5.58. The fourth-order valence-corrected chi connectivity index (χ4v) is 2.28. The van der Waals surface area contributed by atoms with Crippen LogP contribution in [0.3, 0.4) is 0 Å². The van der Waals surface area contributed by atoms with E-state index in [9.17, 15) is 9.59 Å². The number of carbonyl (C=O) groups is 2. The minimum atomic E-state index is -0.775. The molecule has 1 atom stereocenters. The predicted molar refractivity (Wildman–Crippen MR) is 83.8 cm³/mol. The molecule has 0 N–H and O–H groups in total. The lowest BCUT2D eigenvalue weighted by atomic mass is 10.1. The van der Waals surface area contributed by atoms with Crippen LogP contribution in [0.5, 0.6) is 0 Å². The third kappa shape index (κ3) is 15.2. The first-order chi connectivity index (χ1) is 10.2. The number of unbranched alkanes of at least 4 members (excludes halogenated alkanes) is 10. The van der Waals surface area contributed by atoms with Crippen LogP contribution in [-0.2, 0) is 19.1 Å². The zero-order valence-electron chi connectivity index (χ0n) is 13.8. The van der Waals surface area contributed by atoms with Gasteiger partial charge in [0.05, 0.1) is 0 Å². The first kappa shape index (κ1) is 19.9. The topological polar surface area (TPSA) is 52.6 Å². The van der Waals surface area contributed by atoms with E-state index >= 15 is 0 Å². The Balaban J connectivity index is 3.21. The van der Waals surface area contributed by atoms with Gasteiger partial charge in [0.1, 0.15) is 0 Å². The Labute approximate surface area is 129 Å². The summed E-state index contributed by atoms with van der Waals surface area (Å²) in [5, 5.41) is 0. The first-order valence-corrected chi connectivity index (χ1v) is 8.49. The Morgan fingerprint density at radius 1 is 0.905 bits per heavy atom. The number of carbonyl (C=O) groups excluding carboxylic acids is 2. The summed E-state index contributed by atoms with van der Waals surface area (Å²) in [5.41, 5.74) is 0. The van der Waals surface area contributed by atoms with Gasteiger partial charge in [-0.2, -0.15) is 0 Å². The number of rotatable bonds is 15. The van der Waals surface area contributed by atoms with Gasteiger partial charge in [-0.1, -0.05) is 71.1 Å². The lowest BCUT2D eigenvalue weighted by Gasteiger charge is -2.10. The summed E-state index contributed by atoms with van der Waals surface area (Å²) in [5.74, 6) is -0.291. The molecule has 0 aromatic heterocycles. The minimum absolute atomic E-state index is 0.291. The molecular formula is C17H32O4. The Kier molecular flexibility index (Phi) is 14.6.